The summed E-state index contributed by atoms with van der Waals surface area (Å²) >= 11 is 0. The molecule has 0 spiro atoms. The molecular formula is C23H15O2. The van der Waals surface area contributed by atoms with Crippen LogP contribution < -0.4 is 0 Å². The number of hydrogen-bond donors (Lipinski definition) is 0. The summed E-state index contributed by atoms with van der Waals surface area (Å²) in [7, 11) is 0. The highest BCUT2D eigenvalue weighted by atomic mass is 16.3. The van der Waals surface area contributed by atoms with E-state index in [1.807, 2.05) is 30.3 Å². The standard InChI is InChI=1S/C23H15O2/c24-22-12-10-18-13-17(9-11-19(18)22)15-5-7-16(8-6-15)21-14-25-23-4-2-1-3-20(21)23/h1-9,11,13H,10,12H2. The number of carbonyl (C=O) groups excluding carboxylic acids is 1. The van der Waals surface area contributed by atoms with Crippen molar-refractivity contribution in [2.45, 2.75) is 12.8 Å². The van der Waals surface area contributed by atoms with E-state index in [4.69, 9.17) is 4.42 Å². The van der Waals surface area contributed by atoms with E-state index in [9.17, 15) is 4.79 Å². The van der Waals surface area contributed by atoms with Gasteiger partial charge in [0.2, 0.25) is 0 Å². The van der Waals surface area contributed by atoms with Crippen LogP contribution in [0, 0.1) is 6.26 Å². The molecule has 0 bridgehead atoms. The molecule has 0 unspecified atom stereocenters. The fourth-order valence-electron chi connectivity index (χ4n) is 3.60. The molecule has 1 aliphatic carbocycles. The lowest BCUT2D eigenvalue weighted by Crippen LogP contribution is -1.90. The molecule has 0 N–H and O–H groups in total. The maximum Gasteiger partial charge on any atom is 0.179 e. The first kappa shape index (κ1) is 14.2. The van der Waals surface area contributed by atoms with Crippen LogP contribution in [0.1, 0.15) is 22.3 Å². The molecule has 25 heavy (non-hydrogen) atoms. The molecule has 2 heteroatoms. The van der Waals surface area contributed by atoms with Crippen LogP contribution in [0.4, 0.5) is 0 Å². The van der Waals surface area contributed by atoms with Gasteiger partial charge in [0.1, 0.15) is 5.58 Å². The first-order chi connectivity index (χ1) is 12.3. The molecule has 0 aliphatic heterocycles. The number of rotatable bonds is 2. The summed E-state index contributed by atoms with van der Waals surface area (Å²) in [5.41, 5.74) is 7.29. The number of furan rings is 1. The molecule has 0 fully saturated rings. The molecule has 0 saturated carbocycles. The zero-order valence-electron chi connectivity index (χ0n) is 13.6. The van der Waals surface area contributed by atoms with Crippen molar-refractivity contribution in [3.05, 3.63) is 84.1 Å². The molecule has 0 amide bonds. The zero-order chi connectivity index (χ0) is 16.8. The molecule has 0 saturated heterocycles. The fourth-order valence-corrected chi connectivity index (χ4v) is 3.60. The molecule has 119 valence electrons. The van der Waals surface area contributed by atoms with Gasteiger partial charge in [-0.05, 0) is 34.7 Å². The Labute approximate surface area is 145 Å². The van der Waals surface area contributed by atoms with Gasteiger partial charge in [-0.1, -0.05) is 60.7 Å². The van der Waals surface area contributed by atoms with Gasteiger partial charge in [-0.25, -0.2) is 0 Å². The van der Waals surface area contributed by atoms with Crippen molar-refractivity contribution in [2.24, 2.45) is 0 Å². The van der Waals surface area contributed by atoms with E-state index in [-0.39, 0.29) is 5.78 Å². The number of aryl methyl sites for hydroxylation is 1. The Hall–Kier alpha value is -3.13. The Kier molecular flexibility index (Phi) is 3.10. The SMILES string of the molecule is O=C1CCc2cc(-c3ccc(-c4[c]oc5ccccc45)cc3)ccc21. The monoisotopic (exact) mass is 323 g/mol. The number of benzene rings is 3. The lowest BCUT2D eigenvalue weighted by Gasteiger charge is -2.06. The highest BCUT2D eigenvalue weighted by Gasteiger charge is 2.19. The molecule has 1 radical (unpaired) electrons. The lowest BCUT2D eigenvalue weighted by molar-refractivity contribution is 0.0994. The second kappa shape index (κ2) is 5.45. The van der Waals surface area contributed by atoms with Crippen LogP contribution >= 0.6 is 0 Å². The predicted molar refractivity (Wildman–Crippen MR) is 98.6 cm³/mol. The van der Waals surface area contributed by atoms with Crippen LogP contribution in [0.5, 0.6) is 0 Å². The van der Waals surface area contributed by atoms with E-state index in [0.717, 1.165) is 45.2 Å². The molecule has 2 nitrogen and oxygen atoms in total. The second-order valence-electron chi connectivity index (χ2n) is 6.45. The van der Waals surface area contributed by atoms with Crippen LogP contribution in [0.3, 0.4) is 0 Å². The number of carbonyl (C=O) groups is 1. The normalized spacial score (nSPS) is 13.4. The Morgan fingerprint density at radius 3 is 2.44 bits per heavy atom. The zero-order valence-corrected chi connectivity index (χ0v) is 13.6. The molecule has 5 rings (SSSR count). The minimum atomic E-state index is 0.263. The summed E-state index contributed by atoms with van der Waals surface area (Å²) < 4.78 is 5.52. The highest BCUT2D eigenvalue weighted by molar-refractivity contribution is 6.01. The number of ketones is 1. The summed E-state index contributed by atoms with van der Waals surface area (Å²) in [5, 5.41) is 1.08. The van der Waals surface area contributed by atoms with Gasteiger partial charge >= 0.3 is 0 Å². The van der Waals surface area contributed by atoms with Crippen molar-refractivity contribution in [2.75, 3.05) is 0 Å². The van der Waals surface area contributed by atoms with E-state index in [1.54, 1.807) is 0 Å². The van der Waals surface area contributed by atoms with E-state index >= 15 is 0 Å². The van der Waals surface area contributed by atoms with Gasteiger partial charge in [0.15, 0.2) is 12.0 Å². The summed E-state index contributed by atoms with van der Waals surface area (Å²) in [5.74, 6) is 0.263. The van der Waals surface area contributed by atoms with Crippen molar-refractivity contribution in [1.29, 1.82) is 0 Å². The van der Waals surface area contributed by atoms with Gasteiger partial charge in [-0.2, -0.15) is 0 Å². The Morgan fingerprint density at radius 1 is 0.800 bits per heavy atom. The van der Waals surface area contributed by atoms with Gasteiger partial charge in [-0.15, -0.1) is 0 Å². The highest BCUT2D eigenvalue weighted by Crippen LogP contribution is 2.32. The number of hydrogen-bond acceptors (Lipinski definition) is 2. The van der Waals surface area contributed by atoms with Gasteiger partial charge in [0.05, 0.1) is 0 Å². The third kappa shape index (κ3) is 2.30. The smallest absolute Gasteiger partial charge is 0.179 e. The van der Waals surface area contributed by atoms with Crippen LogP contribution in [0.25, 0.3) is 33.2 Å². The van der Waals surface area contributed by atoms with Crippen molar-refractivity contribution < 1.29 is 9.21 Å². The van der Waals surface area contributed by atoms with Crippen molar-refractivity contribution in [3.63, 3.8) is 0 Å². The minimum absolute atomic E-state index is 0.263. The third-order valence-electron chi connectivity index (χ3n) is 4.95. The van der Waals surface area contributed by atoms with Crippen molar-refractivity contribution >= 4 is 16.8 Å². The molecule has 1 aromatic heterocycles. The van der Waals surface area contributed by atoms with Crippen LogP contribution in [0.15, 0.2) is 71.1 Å². The van der Waals surface area contributed by atoms with E-state index in [1.165, 1.54) is 5.56 Å². The molecule has 1 aliphatic rings. The lowest BCUT2D eigenvalue weighted by atomic mass is 9.97. The van der Waals surface area contributed by atoms with Crippen molar-refractivity contribution in [1.82, 2.24) is 0 Å². The summed E-state index contributed by atoms with van der Waals surface area (Å²) in [4.78, 5) is 11.8. The quantitative estimate of drug-likeness (QED) is 0.474. The van der Waals surface area contributed by atoms with Gasteiger partial charge in [0, 0.05) is 22.9 Å². The largest absolute Gasteiger partial charge is 0.452 e. The molecule has 3 aromatic carbocycles. The average molecular weight is 323 g/mol. The van der Waals surface area contributed by atoms with Gasteiger partial charge < -0.3 is 4.42 Å². The first-order valence-electron chi connectivity index (χ1n) is 8.46. The van der Waals surface area contributed by atoms with Gasteiger partial charge in [-0.3, -0.25) is 4.79 Å². The number of para-hydroxylation sites is 1. The van der Waals surface area contributed by atoms with Crippen LogP contribution in [-0.4, -0.2) is 5.78 Å². The summed E-state index contributed by atoms with van der Waals surface area (Å²) in [6.45, 7) is 0. The summed E-state index contributed by atoms with van der Waals surface area (Å²) in [6, 6.07) is 22.6. The molecule has 0 atom stereocenters. The number of fused-ring (bicyclic) bond motifs is 2. The maximum atomic E-state index is 11.8. The van der Waals surface area contributed by atoms with E-state index in [0.29, 0.717) is 6.42 Å². The minimum Gasteiger partial charge on any atom is -0.452 e. The molecule has 1 heterocycles. The van der Waals surface area contributed by atoms with E-state index in [2.05, 4.69) is 42.7 Å². The Bertz CT molecular complexity index is 1100. The predicted octanol–water partition coefficient (Wildman–Crippen LogP) is 5.70. The van der Waals surface area contributed by atoms with Crippen LogP contribution in [0.2, 0.25) is 0 Å². The number of Topliss-reactive ketones (excluding diaryl/α,β-unsaturated/α-hetero) is 1. The second-order valence-corrected chi connectivity index (χ2v) is 6.45. The summed E-state index contributed by atoms with van der Waals surface area (Å²) in [6.07, 6.45) is 4.51. The van der Waals surface area contributed by atoms with E-state index < -0.39 is 0 Å². The third-order valence-corrected chi connectivity index (χ3v) is 4.95. The Morgan fingerprint density at radius 2 is 1.56 bits per heavy atom. The van der Waals surface area contributed by atoms with Crippen molar-refractivity contribution in [3.8, 4) is 22.3 Å². The van der Waals surface area contributed by atoms with Crippen LogP contribution in [-0.2, 0) is 6.42 Å². The molecular weight excluding hydrogens is 308 g/mol. The average Bonchev–Trinajstić information content (AvgIpc) is 3.26. The van der Waals surface area contributed by atoms with Gasteiger partial charge in [0.25, 0.3) is 0 Å². The first-order valence-corrected chi connectivity index (χ1v) is 8.46. The molecule has 4 aromatic rings. The maximum absolute atomic E-state index is 11.8. The Balaban J connectivity index is 1.53. The fraction of sp³-hybridized carbons (Fsp3) is 0.0870. The topological polar surface area (TPSA) is 30.2 Å².